The Balaban J connectivity index is 4.66. The van der Waals surface area contributed by atoms with Crippen molar-refractivity contribution in [3.8, 4) is 0 Å². The molecular formula is C6H9FO5. The van der Waals surface area contributed by atoms with E-state index in [2.05, 4.69) is 14.2 Å². The number of rotatable bonds is 3. The summed E-state index contributed by atoms with van der Waals surface area (Å²) in [6, 6.07) is 0. The fourth-order valence-corrected chi connectivity index (χ4v) is 0.513. The zero-order chi connectivity index (χ0) is 9.78. The van der Waals surface area contributed by atoms with Gasteiger partial charge in [-0.25, -0.2) is 9.59 Å². The Labute approximate surface area is 68.4 Å². The van der Waals surface area contributed by atoms with E-state index in [1.165, 1.54) is 0 Å². The van der Waals surface area contributed by atoms with E-state index < -0.39 is 17.8 Å². The van der Waals surface area contributed by atoms with E-state index in [-0.39, 0.29) is 0 Å². The van der Waals surface area contributed by atoms with Gasteiger partial charge in [-0.1, -0.05) is 0 Å². The van der Waals surface area contributed by atoms with Gasteiger partial charge in [0.2, 0.25) is 0 Å². The summed E-state index contributed by atoms with van der Waals surface area (Å²) < 4.78 is 25.1. The maximum absolute atomic E-state index is 13.1. The average molecular weight is 180 g/mol. The van der Waals surface area contributed by atoms with Crippen molar-refractivity contribution in [3.05, 3.63) is 0 Å². The number of esters is 2. The number of carbonyl (C=O) groups is 2. The molecule has 0 radical (unpaired) electrons. The third kappa shape index (κ3) is 1.70. The number of halogens is 1. The quantitative estimate of drug-likeness (QED) is 0.438. The molecule has 0 aliphatic heterocycles. The van der Waals surface area contributed by atoms with Gasteiger partial charge in [-0.3, -0.25) is 0 Å². The lowest BCUT2D eigenvalue weighted by Gasteiger charge is -2.16. The first-order valence-electron chi connectivity index (χ1n) is 2.93. The van der Waals surface area contributed by atoms with Crippen LogP contribution in [0.5, 0.6) is 0 Å². The standard InChI is InChI=1S/C6H9FO5/c1-10-4(8)6(7,12-3)5(9)11-2/h1-3H3. The van der Waals surface area contributed by atoms with Crippen LogP contribution in [0.3, 0.4) is 0 Å². The molecule has 0 bridgehead atoms. The van der Waals surface area contributed by atoms with Crippen molar-refractivity contribution in [1.82, 2.24) is 0 Å². The first-order chi connectivity index (χ1) is 5.52. The van der Waals surface area contributed by atoms with E-state index in [1.807, 2.05) is 0 Å². The Kier molecular flexibility index (Phi) is 3.62. The molecule has 0 spiro atoms. The molecule has 0 aromatic carbocycles. The minimum Gasteiger partial charge on any atom is -0.464 e. The number of hydrogen-bond acceptors (Lipinski definition) is 5. The lowest BCUT2D eigenvalue weighted by Crippen LogP contribution is -2.45. The summed E-state index contributed by atoms with van der Waals surface area (Å²) in [5.41, 5.74) is 0. The summed E-state index contributed by atoms with van der Waals surface area (Å²) in [4.78, 5) is 21.3. The molecule has 70 valence electrons. The molecule has 0 aliphatic rings. The van der Waals surface area contributed by atoms with Crippen LogP contribution >= 0.6 is 0 Å². The van der Waals surface area contributed by atoms with Crippen LogP contribution in [0.15, 0.2) is 0 Å². The van der Waals surface area contributed by atoms with Crippen molar-refractivity contribution < 1.29 is 28.2 Å². The highest BCUT2D eigenvalue weighted by atomic mass is 19.2. The van der Waals surface area contributed by atoms with Crippen LogP contribution < -0.4 is 0 Å². The summed E-state index contributed by atoms with van der Waals surface area (Å²) in [6.07, 6.45) is 0. The monoisotopic (exact) mass is 180 g/mol. The van der Waals surface area contributed by atoms with Crippen molar-refractivity contribution in [2.75, 3.05) is 21.3 Å². The number of alkyl halides is 1. The molecule has 0 unspecified atom stereocenters. The minimum absolute atomic E-state index is 0.855. The topological polar surface area (TPSA) is 61.8 Å². The van der Waals surface area contributed by atoms with Gasteiger partial charge < -0.3 is 14.2 Å². The van der Waals surface area contributed by atoms with Crippen LogP contribution in [0.25, 0.3) is 0 Å². The first-order valence-corrected chi connectivity index (χ1v) is 2.93. The van der Waals surface area contributed by atoms with Crippen molar-refractivity contribution >= 4 is 11.9 Å². The molecule has 0 aromatic rings. The molecule has 0 fully saturated rings. The van der Waals surface area contributed by atoms with Crippen molar-refractivity contribution in [2.45, 2.75) is 5.85 Å². The highest BCUT2D eigenvalue weighted by molar-refractivity contribution is 6.01. The number of carbonyl (C=O) groups excluding carboxylic acids is 2. The molecule has 6 heteroatoms. The molecule has 0 rings (SSSR count). The van der Waals surface area contributed by atoms with Gasteiger partial charge in [0.25, 0.3) is 0 Å². The van der Waals surface area contributed by atoms with Crippen molar-refractivity contribution in [3.63, 3.8) is 0 Å². The average Bonchev–Trinajstić information content (AvgIpc) is 2.13. The van der Waals surface area contributed by atoms with E-state index >= 15 is 0 Å². The second-order valence-electron chi connectivity index (χ2n) is 1.78. The van der Waals surface area contributed by atoms with Crippen molar-refractivity contribution in [2.24, 2.45) is 0 Å². The van der Waals surface area contributed by atoms with Crippen LogP contribution in [-0.2, 0) is 23.8 Å². The fraction of sp³-hybridized carbons (Fsp3) is 0.667. The summed E-state index contributed by atoms with van der Waals surface area (Å²) >= 11 is 0. The second-order valence-corrected chi connectivity index (χ2v) is 1.78. The lowest BCUT2D eigenvalue weighted by molar-refractivity contribution is -0.207. The van der Waals surface area contributed by atoms with Crippen molar-refractivity contribution in [1.29, 1.82) is 0 Å². The van der Waals surface area contributed by atoms with Crippen LogP contribution in [0.2, 0.25) is 0 Å². The van der Waals surface area contributed by atoms with Crippen LogP contribution in [-0.4, -0.2) is 39.1 Å². The second kappa shape index (κ2) is 4.01. The molecular weight excluding hydrogens is 171 g/mol. The summed E-state index contributed by atoms with van der Waals surface area (Å²) in [7, 11) is 2.71. The predicted octanol–water partition coefficient (Wildman–Crippen LogP) is -0.355. The molecule has 0 aromatic heterocycles. The molecule has 0 amide bonds. The molecule has 0 heterocycles. The third-order valence-corrected chi connectivity index (χ3v) is 1.18. The Hall–Kier alpha value is -1.17. The Bertz CT molecular complexity index is 174. The summed E-state index contributed by atoms with van der Waals surface area (Å²) in [6.45, 7) is 0. The zero-order valence-electron chi connectivity index (χ0n) is 6.92. The molecule has 0 saturated carbocycles. The molecule has 12 heavy (non-hydrogen) atoms. The zero-order valence-corrected chi connectivity index (χ0v) is 6.92. The van der Waals surface area contributed by atoms with Gasteiger partial charge >= 0.3 is 17.8 Å². The first kappa shape index (κ1) is 10.8. The van der Waals surface area contributed by atoms with Crippen LogP contribution in [0.4, 0.5) is 4.39 Å². The normalized spacial score (nSPS) is 10.7. The van der Waals surface area contributed by atoms with Gasteiger partial charge in [-0.05, 0) is 0 Å². The summed E-state index contributed by atoms with van der Waals surface area (Å²) in [5.74, 6) is -6.06. The van der Waals surface area contributed by atoms with Gasteiger partial charge in [0.1, 0.15) is 0 Å². The van der Waals surface area contributed by atoms with Crippen LogP contribution in [0.1, 0.15) is 0 Å². The Morgan fingerprint density at radius 3 is 1.58 bits per heavy atom. The minimum atomic E-state index is -3.16. The van der Waals surface area contributed by atoms with E-state index in [4.69, 9.17) is 0 Å². The maximum atomic E-state index is 13.1. The number of methoxy groups -OCH3 is 3. The lowest BCUT2D eigenvalue weighted by atomic mass is 10.3. The van der Waals surface area contributed by atoms with Gasteiger partial charge in [0, 0.05) is 7.11 Å². The Morgan fingerprint density at radius 1 is 1.08 bits per heavy atom. The van der Waals surface area contributed by atoms with Crippen LogP contribution in [0, 0.1) is 0 Å². The highest BCUT2D eigenvalue weighted by Gasteiger charge is 2.50. The molecule has 0 atom stereocenters. The molecule has 0 N–H and O–H groups in total. The largest absolute Gasteiger partial charge is 0.464 e. The predicted molar refractivity (Wildman–Crippen MR) is 34.9 cm³/mol. The molecule has 0 aliphatic carbocycles. The van der Waals surface area contributed by atoms with E-state index in [0.29, 0.717) is 0 Å². The fourth-order valence-electron chi connectivity index (χ4n) is 0.513. The number of ether oxygens (including phenoxy) is 3. The molecule has 5 nitrogen and oxygen atoms in total. The van der Waals surface area contributed by atoms with E-state index in [0.717, 1.165) is 21.3 Å². The van der Waals surface area contributed by atoms with Gasteiger partial charge in [0.15, 0.2) is 0 Å². The SMILES string of the molecule is COC(=O)C(F)(OC)C(=O)OC. The Morgan fingerprint density at radius 2 is 1.42 bits per heavy atom. The maximum Gasteiger partial charge on any atom is 0.404 e. The van der Waals surface area contributed by atoms with E-state index in [1.54, 1.807) is 0 Å². The van der Waals surface area contributed by atoms with Gasteiger partial charge in [0.05, 0.1) is 14.2 Å². The van der Waals surface area contributed by atoms with Gasteiger partial charge in [-0.15, -0.1) is 0 Å². The highest BCUT2D eigenvalue weighted by Crippen LogP contribution is 2.15. The third-order valence-electron chi connectivity index (χ3n) is 1.18. The summed E-state index contributed by atoms with van der Waals surface area (Å²) in [5, 5.41) is 0. The number of hydrogen-bond donors (Lipinski definition) is 0. The van der Waals surface area contributed by atoms with E-state index in [9.17, 15) is 14.0 Å². The van der Waals surface area contributed by atoms with Gasteiger partial charge in [-0.2, -0.15) is 4.39 Å². The molecule has 0 saturated heterocycles. The smallest absolute Gasteiger partial charge is 0.404 e.